The van der Waals surface area contributed by atoms with E-state index in [4.69, 9.17) is 4.74 Å². The Bertz CT molecular complexity index is 369. The number of methoxy groups -OCH3 is 1. The lowest BCUT2D eigenvalue weighted by Gasteiger charge is -2.32. The second kappa shape index (κ2) is 7.64. The monoisotopic (exact) mass is 312 g/mol. The van der Waals surface area contributed by atoms with Gasteiger partial charge in [-0.1, -0.05) is 26.2 Å². The summed E-state index contributed by atoms with van der Waals surface area (Å²) in [6, 6.07) is -0.00808. The first-order chi connectivity index (χ1) is 10.5. The van der Waals surface area contributed by atoms with Gasteiger partial charge < -0.3 is 20.5 Å². The van der Waals surface area contributed by atoms with Crippen LogP contribution in [0.5, 0.6) is 0 Å². The summed E-state index contributed by atoms with van der Waals surface area (Å²) >= 11 is 0. The van der Waals surface area contributed by atoms with E-state index in [1.807, 2.05) is 0 Å². The topological polar surface area (TPSA) is 70.6 Å². The Morgan fingerprint density at radius 3 is 2.64 bits per heavy atom. The van der Waals surface area contributed by atoms with Gasteiger partial charge in [-0.15, -0.1) is 0 Å². The summed E-state index contributed by atoms with van der Waals surface area (Å²) < 4.78 is 5.23. The quantitative estimate of drug-likeness (QED) is 0.676. The molecule has 2 aliphatic rings. The number of aliphatic hydroxyl groups is 1. The average Bonchev–Trinajstić information content (AvgIpc) is 3.12. The summed E-state index contributed by atoms with van der Waals surface area (Å²) in [7, 11) is 1.73. The molecular weight excluding hydrogens is 280 g/mol. The molecule has 5 heteroatoms. The van der Waals surface area contributed by atoms with Crippen molar-refractivity contribution in [2.45, 2.75) is 64.3 Å². The van der Waals surface area contributed by atoms with Crippen LogP contribution in [0.15, 0.2) is 0 Å². The highest BCUT2D eigenvalue weighted by Crippen LogP contribution is 2.40. The van der Waals surface area contributed by atoms with Crippen LogP contribution >= 0.6 is 0 Å². The molecule has 0 aromatic heterocycles. The van der Waals surface area contributed by atoms with Crippen molar-refractivity contribution in [3.8, 4) is 0 Å². The number of hydrogen-bond acceptors (Lipinski definition) is 3. The predicted octanol–water partition coefficient (Wildman–Crippen LogP) is 2.43. The van der Waals surface area contributed by atoms with E-state index in [0.717, 1.165) is 38.8 Å². The van der Waals surface area contributed by atoms with Crippen molar-refractivity contribution < 1.29 is 14.6 Å². The number of carbonyl (C=O) groups is 1. The largest absolute Gasteiger partial charge is 0.396 e. The minimum atomic E-state index is -0.168. The minimum absolute atomic E-state index is 0.0796. The molecular formula is C17H32N2O3. The van der Waals surface area contributed by atoms with Gasteiger partial charge in [0.25, 0.3) is 0 Å². The molecule has 2 saturated carbocycles. The Balaban J connectivity index is 1.81. The molecule has 2 unspecified atom stereocenters. The Morgan fingerprint density at radius 2 is 2.00 bits per heavy atom. The third-order valence-corrected chi connectivity index (χ3v) is 5.87. The molecule has 0 saturated heterocycles. The zero-order chi connectivity index (χ0) is 16.1. The highest BCUT2D eigenvalue weighted by molar-refractivity contribution is 5.74. The smallest absolute Gasteiger partial charge is 0.315 e. The SMILES string of the molecule is COCCC1(CNC(=O)NC2CCCC2(C)CO)CCCC1. The first-order valence-electron chi connectivity index (χ1n) is 8.68. The van der Waals surface area contributed by atoms with Crippen molar-refractivity contribution in [3.05, 3.63) is 0 Å². The van der Waals surface area contributed by atoms with Crippen molar-refractivity contribution in [2.75, 3.05) is 26.9 Å². The van der Waals surface area contributed by atoms with Crippen molar-refractivity contribution >= 4 is 6.03 Å². The highest BCUT2D eigenvalue weighted by Gasteiger charge is 2.39. The normalized spacial score (nSPS) is 30.4. The third-order valence-electron chi connectivity index (χ3n) is 5.87. The summed E-state index contributed by atoms with van der Waals surface area (Å²) in [4.78, 5) is 12.2. The molecule has 0 radical (unpaired) electrons. The predicted molar refractivity (Wildman–Crippen MR) is 86.8 cm³/mol. The van der Waals surface area contributed by atoms with E-state index in [-0.39, 0.29) is 29.5 Å². The van der Waals surface area contributed by atoms with Gasteiger partial charge in [0.05, 0.1) is 6.61 Å². The number of hydrogen-bond donors (Lipinski definition) is 3. The zero-order valence-corrected chi connectivity index (χ0v) is 14.1. The van der Waals surface area contributed by atoms with E-state index in [0.29, 0.717) is 0 Å². The highest BCUT2D eigenvalue weighted by atomic mass is 16.5. The van der Waals surface area contributed by atoms with E-state index < -0.39 is 0 Å². The Kier molecular flexibility index (Phi) is 6.09. The summed E-state index contributed by atoms with van der Waals surface area (Å²) in [5.74, 6) is 0. The fourth-order valence-corrected chi connectivity index (χ4v) is 4.10. The molecule has 2 atom stereocenters. The van der Waals surface area contributed by atoms with Crippen molar-refractivity contribution in [3.63, 3.8) is 0 Å². The van der Waals surface area contributed by atoms with Crippen LogP contribution in [-0.2, 0) is 4.74 Å². The number of ether oxygens (including phenoxy) is 1. The number of nitrogens with one attached hydrogen (secondary N) is 2. The first-order valence-corrected chi connectivity index (χ1v) is 8.68. The van der Waals surface area contributed by atoms with Gasteiger partial charge in [0.1, 0.15) is 0 Å². The molecule has 3 N–H and O–H groups in total. The first kappa shape index (κ1) is 17.5. The molecule has 2 fully saturated rings. The lowest BCUT2D eigenvalue weighted by atomic mass is 9.83. The van der Waals surface area contributed by atoms with E-state index in [2.05, 4.69) is 17.6 Å². The number of carbonyl (C=O) groups excluding carboxylic acids is 1. The summed E-state index contributed by atoms with van der Waals surface area (Å²) in [5, 5.41) is 15.7. The van der Waals surface area contributed by atoms with Crippen LogP contribution < -0.4 is 10.6 Å². The molecule has 0 aromatic carbocycles. The number of rotatable bonds is 7. The molecule has 5 nitrogen and oxygen atoms in total. The maximum atomic E-state index is 12.2. The van der Waals surface area contributed by atoms with Gasteiger partial charge in [0.15, 0.2) is 0 Å². The molecule has 2 amide bonds. The summed E-state index contributed by atoms with van der Waals surface area (Å²) in [5.41, 5.74) is 0.0434. The molecule has 2 rings (SSSR count). The van der Waals surface area contributed by atoms with Crippen molar-refractivity contribution in [1.82, 2.24) is 10.6 Å². The van der Waals surface area contributed by atoms with Crippen molar-refractivity contribution in [2.24, 2.45) is 10.8 Å². The number of amides is 2. The second-order valence-corrected chi connectivity index (χ2v) is 7.53. The van der Waals surface area contributed by atoms with Crippen LogP contribution in [0, 0.1) is 10.8 Å². The van der Waals surface area contributed by atoms with Gasteiger partial charge in [-0.25, -0.2) is 4.79 Å². The molecule has 0 heterocycles. The Morgan fingerprint density at radius 1 is 1.27 bits per heavy atom. The van der Waals surface area contributed by atoms with E-state index in [1.165, 1.54) is 25.7 Å². The fourth-order valence-electron chi connectivity index (χ4n) is 4.10. The maximum Gasteiger partial charge on any atom is 0.315 e. The fraction of sp³-hybridized carbons (Fsp3) is 0.941. The van der Waals surface area contributed by atoms with Gasteiger partial charge in [-0.05, 0) is 37.5 Å². The Hall–Kier alpha value is -0.810. The van der Waals surface area contributed by atoms with Crippen LogP contribution in [0.25, 0.3) is 0 Å². The Labute approximate surface area is 134 Å². The van der Waals surface area contributed by atoms with Crippen LogP contribution in [0.2, 0.25) is 0 Å². The van der Waals surface area contributed by atoms with E-state index in [9.17, 15) is 9.90 Å². The molecule has 0 aliphatic heterocycles. The molecule has 128 valence electrons. The average molecular weight is 312 g/mol. The van der Waals surface area contributed by atoms with Gasteiger partial charge in [0.2, 0.25) is 0 Å². The molecule has 0 bridgehead atoms. The van der Waals surface area contributed by atoms with Crippen LogP contribution in [0.1, 0.15) is 58.3 Å². The lowest BCUT2D eigenvalue weighted by molar-refractivity contribution is 0.118. The summed E-state index contributed by atoms with van der Waals surface area (Å²) in [6.45, 7) is 3.68. The summed E-state index contributed by atoms with van der Waals surface area (Å²) in [6.07, 6.45) is 8.87. The van der Waals surface area contributed by atoms with E-state index in [1.54, 1.807) is 7.11 Å². The van der Waals surface area contributed by atoms with Gasteiger partial charge >= 0.3 is 6.03 Å². The second-order valence-electron chi connectivity index (χ2n) is 7.53. The minimum Gasteiger partial charge on any atom is -0.396 e. The van der Waals surface area contributed by atoms with Crippen LogP contribution in [0.3, 0.4) is 0 Å². The third kappa shape index (κ3) is 4.13. The lowest BCUT2D eigenvalue weighted by Crippen LogP contribution is -2.50. The molecule has 2 aliphatic carbocycles. The molecule has 22 heavy (non-hydrogen) atoms. The van der Waals surface area contributed by atoms with Crippen molar-refractivity contribution in [1.29, 1.82) is 0 Å². The number of urea groups is 1. The van der Waals surface area contributed by atoms with Gasteiger partial charge in [0, 0.05) is 31.7 Å². The molecule has 0 spiro atoms. The number of aliphatic hydroxyl groups excluding tert-OH is 1. The van der Waals surface area contributed by atoms with Gasteiger partial charge in [-0.3, -0.25) is 0 Å². The maximum absolute atomic E-state index is 12.2. The zero-order valence-electron chi connectivity index (χ0n) is 14.1. The van der Waals surface area contributed by atoms with Crippen LogP contribution in [0.4, 0.5) is 4.79 Å². The van der Waals surface area contributed by atoms with Crippen LogP contribution in [-0.4, -0.2) is 44.0 Å². The molecule has 0 aromatic rings. The van der Waals surface area contributed by atoms with E-state index >= 15 is 0 Å². The van der Waals surface area contributed by atoms with Gasteiger partial charge in [-0.2, -0.15) is 0 Å². The standard InChI is InChI=1S/C17H32N2O3/c1-16(13-20)7-5-6-14(16)19-15(21)18-12-17(10-11-22-2)8-3-4-9-17/h14,20H,3-13H2,1-2H3,(H2,18,19,21).